The van der Waals surface area contributed by atoms with Gasteiger partial charge in [0.15, 0.2) is 11.6 Å². The average Bonchev–Trinajstić information content (AvgIpc) is 2.75. The Bertz CT molecular complexity index is 641. The number of hydrogen-bond acceptors (Lipinski definition) is 2. The van der Waals surface area contributed by atoms with Crippen molar-refractivity contribution < 1.29 is 8.78 Å². The quantitative estimate of drug-likeness (QED) is 0.750. The van der Waals surface area contributed by atoms with Gasteiger partial charge < -0.3 is 4.57 Å². The molecule has 0 saturated heterocycles. The highest BCUT2D eigenvalue weighted by Gasteiger charge is 2.13. The number of imidazole rings is 1. The predicted molar refractivity (Wildman–Crippen MR) is 73.1 cm³/mol. The summed E-state index contributed by atoms with van der Waals surface area (Å²) < 4.78 is 28.6. The minimum absolute atomic E-state index is 0.441. The molecule has 0 saturated carbocycles. The van der Waals surface area contributed by atoms with Crippen LogP contribution in [0.4, 0.5) is 8.78 Å². The van der Waals surface area contributed by atoms with Crippen molar-refractivity contribution in [3.05, 3.63) is 29.6 Å². The Morgan fingerprint density at radius 2 is 2.00 bits per heavy atom. The fourth-order valence-corrected chi connectivity index (χ4v) is 2.26. The van der Waals surface area contributed by atoms with Crippen molar-refractivity contribution >= 4 is 11.0 Å². The fourth-order valence-electron chi connectivity index (χ4n) is 2.26. The number of benzene rings is 1. The molecule has 1 heterocycles. The first kappa shape index (κ1) is 14.4. The molecule has 3 nitrogen and oxygen atoms in total. The zero-order valence-electron chi connectivity index (χ0n) is 11.5. The molecule has 20 heavy (non-hydrogen) atoms. The molecule has 5 heteroatoms. The van der Waals surface area contributed by atoms with E-state index in [1.807, 2.05) is 4.57 Å². The highest BCUT2D eigenvalue weighted by molar-refractivity contribution is 5.76. The number of nitrogens with zero attached hydrogens (tertiary/aromatic N) is 3. The second-order valence-corrected chi connectivity index (χ2v) is 4.80. The van der Waals surface area contributed by atoms with Gasteiger partial charge in [-0.1, -0.05) is 13.3 Å². The zero-order chi connectivity index (χ0) is 14.5. The van der Waals surface area contributed by atoms with Crippen LogP contribution in [-0.4, -0.2) is 9.55 Å². The predicted octanol–water partition coefficient (Wildman–Crippen LogP) is 3.96. The zero-order valence-corrected chi connectivity index (χ0v) is 11.5. The third kappa shape index (κ3) is 2.96. The minimum Gasteiger partial charge on any atom is -0.328 e. The molecule has 0 fully saturated rings. The van der Waals surface area contributed by atoms with Gasteiger partial charge in [0, 0.05) is 31.5 Å². The lowest BCUT2D eigenvalue weighted by Gasteiger charge is -2.07. The maximum absolute atomic E-state index is 13.4. The van der Waals surface area contributed by atoms with Crippen LogP contribution in [0.3, 0.4) is 0 Å². The van der Waals surface area contributed by atoms with Crippen LogP contribution in [0.25, 0.3) is 11.0 Å². The van der Waals surface area contributed by atoms with Crippen molar-refractivity contribution in [2.75, 3.05) is 0 Å². The van der Waals surface area contributed by atoms with E-state index in [2.05, 4.69) is 18.0 Å². The van der Waals surface area contributed by atoms with Gasteiger partial charge in [0.25, 0.3) is 0 Å². The van der Waals surface area contributed by atoms with Crippen molar-refractivity contribution in [2.45, 2.75) is 45.6 Å². The van der Waals surface area contributed by atoms with Gasteiger partial charge in [-0.2, -0.15) is 5.26 Å². The molecule has 0 aliphatic carbocycles. The lowest BCUT2D eigenvalue weighted by Crippen LogP contribution is -2.04. The van der Waals surface area contributed by atoms with Gasteiger partial charge in [-0.05, 0) is 12.8 Å². The van der Waals surface area contributed by atoms with Gasteiger partial charge >= 0.3 is 0 Å². The summed E-state index contributed by atoms with van der Waals surface area (Å²) in [7, 11) is 0. The van der Waals surface area contributed by atoms with Gasteiger partial charge in [0.2, 0.25) is 0 Å². The van der Waals surface area contributed by atoms with E-state index in [0.717, 1.165) is 31.2 Å². The second-order valence-electron chi connectivity index (χ2n) is 4.80. The van der Waals surface area contributed by atoms with Crippen LogP contribution in [0.15, 0.2) is 12.1 Å². The molecular formula is C15H17F2N3. The number of aromatic nitrogens is 2. The van der Waals surface area contributed by atoms with E-state index < -0.39 is 11.6 Å². The molecule has 2 aromatic rings. The molecule has 0 amide bonds. The maximum Gasteiger partial charge on any atom is 0.161 e. The Morgan fingerprint density at radius 1 is 1.25 bits per heavy atom. The molecule has 2 rings (SSSR count). The highest BCUT2D eigenvalue weighted by Crippen LogP contribution is 2.21. The van der Waals surface area contributed by atoms with Crippen molar-refractivity contribution in [2.24, 2.45) is 0 Å². The average molecular weight is 277 g/mol. The van der Waals surface area contributed by atoms with E-state index in [9.17, 15) is 8.78 Å². The monoisotopic (exact) mass is 277 g/mol. The van der Waals surface area contributed by atoms with E-state index in [1.165, 1.54) is 6.07 Å². The van der Waals surface area contributed by atoms with Gasteiger partial charge in [-0.3, -0.25) is 0 Å². The summed E-state index contributed by atoms with van der Waals surface area (Å²) in [6.45, 7) is 2.69. The lowest BCUT2D eigenvalue weighted by atomic mass is 10.2. The molecule has 0 N–H and O–H groups in total. The number of aryl methyl sites for hydroxylation is 2. The molecule has 1 aromatic carbocycles. The summed E-state index contributed by atoms with van der Waals surface area (Å²) in [5.74, 6) is -0.896. The van der Waals surface area contributed by atoms with Crippen LogP contribution >= 0.6 is 0 Å². The van der Waals surface area contributed by atoms with Crippen LogP contribution in [0.2, 0.25) is 0 Å². The summed E-state index contributed by atoms with van der Waals surface area (Å²) >= 11 is 0. The molecule has 0 atom stereocenters. The van der Waals surface area contributed by atoms with Crippen LogP contribution in [0.5, 0.6) is 0 Å². The van der Waals surface area contributed by atoms with Crippen molar-refractivity contribution in [1.82, 2.24) is 9.55 Å². The molecule has 0 spiro atoms. The molecule has 0 radical (unpaired) electrons. The normalized spacial score (nSPS) is 10.9. The summed E-state index contributed by atoms with van der Waals surface area (Å²) in [4.78, 5) is 4.40. The van der Waals surface area contributed by atoms with E-state index >= 15 is 0 Å². The fraction of sp³-hybridized carbons (Fsp3) is 0.467. The first-order valence-corrected chi connectivity index (χ1v) is 6.88. The first-order chi connectivity index (χ1) is 9.67. The van der Waals surface area contributed by atoms with Gasteiger partial charge in [0.05, 0.1) is 17.1 Å². The molecule has 1 aromatic heterocycles. The number of halogens is 2. The molecule has 0 aliphatic rings. The largest absolute Gasteiger partial charge is 0.328 e. The number of nitriles is 1. The molecule has 0 unspecified atom stereocenters. The smallest absolute Gasteiger partial charge is 0.161 e. The SMILES string of the molecule is CCCCc1nc2cc(F)c(F)cc2n1CCCC#N. The van der Waals surface area contributed by atoms with E-state index in [4.69, 9.17) is 5.26 Å². The Balaban J connectivity index is 2.41. The van der Waals surface area contributed by atoms with Gasteiger partial charge in [-0.25, -0.2) is 13.8 Å². The summed E-state index contributed by atoms with van der Waals surface area (Å²) in [5.41, 5.74) is 1.08. The summed E-state index contributed by atoms with van der Waals surface area (Å²) in [6.07, 6.45) is 3.91. The van der Waals surface area contributed by atoms with E-state index in [1.54, 1.807) is 0 Å². The summed E-state index contributed by atoms with van der Waals surface area (Å²) in [5, 5.41) is 8.61. The van der Waals surface area contributed by atoms with Crippen LogP contribution in [0, 0.1) is 23.0 Å². The molecule has 0 aliphatic heterocycles. The maximum atomic E-state index is 13.4. The second kappa shape index (κ2) is 6.47. The van der Waals surface area contributed by atoms with Gasteiger partial charge in [-0.15, -0.1) is 0 Å². The topological polar surface area (TPSA) is 41.6 Å². The number of unbranched alkanes of at least 4 members (excludes halogenated alkanes) is 2. The minimum atomic E-state index is -0.874. The number of fused-ring (bicyclic) bond motifs is 1. The molecule has 106 valence electrons. The standard InChI is InChI=1S/C15H17F2N3/c1-2-3-6-15-19-13-9-11(16)12(17)10-14(13)20(15)8-5-4-7-18/h9-10H,2-6,8H2,1H3. The third-order valence-corrected chi connectivity index (χ3v) is 3.29. The van der Waals surface area contributed by atoms with Crippen molar-refractivity contribution in [3.8, 4) is 6.07 Å². The summed E-state index contributed by atoms with van der Waals surface area (Å²) in [6, 6.07) is 4.43. The van der Waals surface area contributed by atoms with Crippen LogP contribution < -0.4 is 0 Å². The lowest BCUT2D eigenvalue weighted by molar-refractivity contribution is 0.510. The number of hydrogen-bond donors (Lipinski definition) is 0. The third-order valence-electron chi connectivity index (χ3n) is 3.29. The Hall–Kier alpha value is -1.96. The van der Waals surface area contributed by atoms with E-state index in [-0.39, 0.29) is 0 Å². The Labute approximate surface area is 116 Å². The highest BCUT2D eigenvalue weighted by atomic mass is 19.2. The van der Waals surface area contributed by atoms with Gasteiger partial charge in [0.1, 0.15) is 5.82 Å². The van der Waals surface area contributed by atoms with Crippen molar-refractivity contribution in [1.29, 1.82) is 5.26 Å². The molecular weight excluding hydrogens is 260 g/mol. The first-order valence-electron chi connectivity index (χ1n) is 6.88. The Kier molecular flexibility index (Phi) is 4.67. The van der Waals surface area contributed by atoms with Crippen LogP contribution in [0.1, 0.15) is 38.4 Å². The Morgan fingerprint density at radius 3 is 2.70 bits per heavy atom. The van der Waals surface area contributed by atoms with Crippen molar-refractivity contribution in [3.63, 3.8) is 0 Å². The van der Waals surface area contributed by atoms with Crippen LogP contribution in [-0.2, 0) is 13.0 Å². The number of rotatable bonds is 6. The molecule has 0 bridgehead atoms. The van der Waals surface area contributed by atoms with E-state index in [0.29, 0.717) is 30.4 Å².